The Kier molecular flexibility index (Phi) is 5.39. The Balaban J connectivity index is 1.80. The van der Waals surface area contributed by atoms with Crippen molar-refractivity contribution in [2.24, 2.45) is 11.3 Å². The molecule has 2 aromatic heterocycles. The van der Waals surface area contributed by atoms with Crippen LogP contribution in [0.25, 0.3) is 5.52 Å². The molecule has 3 heterocycles. The zero-order chi connectivity index (χ0) is 17.9. The maximum atomic E-state index is 12.8. The average Bonchev–Trinajstić information content (AvgIpc) is 2.99. The van der Waals surface area contributed by atoms with Gasteiger partial charge in [0.15, 0.2) is 5.69 Å². The van der Waals surface area contributed by atoms with Gasteiger partial charge in [-0.2, -0.15) is 0 Å². The van der Waals surface area contributed by atoms with Crippen LogP contribution in [-0.2, 0) is 11.2 Å². The van der Waals surface area contributed by atoms with Gasteiger partial charge in [0, 0.05) is 37.8 Å². The van der Waals surface area contributed by atoms with E-state index in [0.29, 0.717) is 31.4 Å². The third-order valence-corrected chi connectivity index (χ3v) is 4.94. The van der Waals surface area contributed by atoms with Crippen molar-refractivity contribution in [2.75, 3.05) is 26.4 Å². The van der Waals surface area contributed by atoms with Gasteiger partial charge in [-0.3, -0.25) is 4.79 Å². The molecule has 0 atom stereocenters. The lowest BCUT2D eigenvalue weighted by Crippen LogP contribution is -2.43. The van der Waals surface area contributed by atoms with Gasteiger partial charge in [0.25, 0.3) is 5.91 Å². The molecule has 0 spiro atoms. The van der Waals surface area contributed by atoms with Crippen LogP contribution in [0, 0.1) is 11.3 Å². The van der Waals surface area contributed by atoms with Crippen molar-refractivity contribution in [1.29, 1.82) is 0 Å². The molecule has 0 bridgehead atoms. The van der Waals surface area contributed by atoms with Crippen molar-refractivity contribution in [3.05, 3.63) is 35.9 Å². The molecule has 25 heavy (non-hydrogen) atoms. The maximum Gasteiger partial charge on any atom is 0.272 e. The Bertz CT molecular complexity index is 733. The summed E-state index contributed by atoms with van der Waals surface area (Å²) < 4.78 is 7.37. The van der Waals surface area contributed by atoms with Gasteiger partial charge < -0.3 is 19.6 Å². The molecule has 0 aromatic carbocycles. The quantitative estimate of drug-likeness (QED) is 0.840. The summed E-state index contributed by atoms with van der Waals surface area (Å²) in [6, 6.07) is 5.78. The SMILES string of the molecule is CC(C)Cc1nc(C(=O)NCC2(CO)CCOCC2)c2ccccn12. The molecule has 1 aliphatic heterocycles. The van der Waals surface area contributed by atoms with Crippen LogP contribution >= 0.6 is 0 Å². The van der Waals surface area contributed by atoms with Crippen molar-refractivity contribution in [3.8, 4) is 0 Å². The van der Waals surface area contributed by atoms with E-state index < -0.39 is 0 Å². The Hall–Kier alpha value is -1.92. The highest BCUT2D eigenvalue weighted by molar-refractivity contribution is 5.99. The predicted molar refractivity (Wildman–Crippen MR) is 95.6 cm³/mol. The van der Waals surface area contributed by atoms with E-state index in [1.165, 1.54) is 0 Å². The second-order valence-corrected chi connectivity index (χ2v) is 7.38. The summed E-state index contributed by atoms with van der Waals surface area (Å²) in [5.74, 6) is 1.18. The highest BCUT2D eigenvalue weighted by atomic mass is 16.5. The lowest BCUT2D eigenvalue weighted by Gasteiger charge is -2.35. The first kappa shape index (κ1) is 17.9. The number of pyridine rings is 1. The lowest BCUT2D eigenvalue weighted by molar-refractivity contribution is -0.0146. The van der Waals surface area contributed by atoms with Gasteiger partial charge in [0.05, 0.1) is 12.1 Å². The number of carbonyl (C=O) groups is 1. The monoisotopic (exact) mass is 345 g/mol. The van der Waals surface area contributed by atoms with E-state index in [9.17, 15) is 9.90 Å². The number of nitrogens with zero attached hydrogens (tertiary/aromatic N) is 2. The molecule has 2 N–H and O–H groups in total. The first-order valence-corrected chi connectivity index (χ1v) is 8.97. The van der Waals surface area contributed by atoms with Crippen LogP contribution in [0.3, 0.4) is 0 Å². The summed E-state index contributed by atoms with van der Waals surface area (Å²) in [7, 11) is 0. The molecule has 1 fully saturated rings. The average molecular weight is 345 g/mol. The molecule has 1 saturated heterocycles. The Morgan fingerprint density at radius 1 is 1.40 bits per heavy atom. The molecule has 0 radical (unpaired) electrons. The van der Waals surface area contributed by atoms with Crippen LogP contribution in [0.4, 0.5) is 0 Å². The Morgan fingerprint density at radius 3 is 2.84 bits per heavy atom. The first-order valence-electron chi connectivity index (χ1n) is 8.97. The largest absolute Gasteiger partial charge is 0.396 e. The number of ether oxygens (including phenoxy) is 1. The van der Waals surface area contributed by atoms with Gasteiger partial charge in [-0.1, -0.05) is 19.9 Å². The minimum absolute atomic E-state index is 0.0547. The summed E-state index contributed by atoms with van der Waals surface area (Å²) in [5, 5.41) is 12.8. The fourth-order valence-corrected chi connectivity index (χ4v) is 3.32. The van der Waals surface area contributed by atoms with Crippen LogP contribution in [-0.4, -0.2) is 46.8 Å². The number of aliphatic hydroxyl groups is 1. The van der Waals surface area contributed by atoms with E-state index in [1.54, 1.807) is 0 Å². The van der Waals surface area contributed by atoms with Crippen LogP contribution in [0.15, 0.2) is 24.4 Å². The number of aromatic nitrogens is 2. The third kappa shape index (κ3) is 3.85. The number of hydrogen-bond acceptors (Lipinski definition) is 4. The Labute approximate surface area is 148 Å². The maximum absolute atomic E-state index is 12.8. The number of amides is 1. The highest BCUT2D eigenvalue weighted by Gasteiger charge is 2.33. The fourth-order valence-electron chi connectivity index (χ4n) is 3.32. The second-order valence-electron chi connectivity index (χ2n) is 7.38. The number of nitrogens with one attached hydrogen (secondary N) is 1. The zero-order valence-corrected chi connectivity index (χ0v) is 15.0. The standard InChI is InChI=1S/C19H27N3O3/c1-14(2)11-16-21-17(15-5-3-4-8-22(15)16)18(24)20-12-19(13-23)6-9-25-10-7-19/h3-5,8,14,23H,6-7,9-13H2,1-2H3,(H,20,24). The summed E-state index contributed by atoms with van der Waals surface area (Å²) in [4.78, 5) is 17.4. The van der Waals surface area contributed by atoms with Crippen LogP contribution in [0.2, 0.25) is 0 Å². The Morgan fingerprint density at radius 2 is 2.16 bits per heavy atom. The fraction of sp³-hybridized carbons (Fsp3) is 0.579. The van der Waals surface area contributed by atoms with Gasteiger partial charge in [-0.25, -0.2) is 4.98 Å². The molecule has 6 heteroatoms. The molecule has 0 unspecified atom stereocenters. The molecular weight excluding hydrogens is 318 g/mol. The normalized spacial score (nSPS) is 17.1. The molecular formula is C19H27N3O3. The number of fused-ring (bicyclic) bond motifs is 1. The minimum Gasteiger partial charge on any atom is -0.396 e. The van der Waals surface area contributed by atoms with E-state index >= 15 is 0 Å². The van der Waals surface area contributed by atoms with Crippen molar-refractivity contribution < 1.29 is 14.6 Å². The summed E-state index contributed by atoms with van der Waals surface area (Å²) >= 11 is 0. The van der Waals surface area contributed by atoms with Gasteiger partial charge in [0.1, 0.15) is 5.82 Å². The molecule has 2 aromatic rings. The molecule has 0 saturated carbocycles. The van der Waals surface area contributed by atoms with E-state index in [-0.39, 0.29) is 17.9 Å². The van der Waals surface area contributed by atoms with Gasteiger partial charge >= 0.3 is 0 Å². The van der Waals surface area contributed by atoms with Crippen LogP contribution in [0.1, 0.15) is 43.0 Å². The predicted octanol–water partition coefficient (Wildman–Crippen LogP) is 2.05. The van der Waals surface area contributed by atoms with Gasteiger partial charge in [-0.15, -0.1) is 0 Å². The number of hydrogen-bond donors (Lipinski definition) is 2. The van der Waals surface area contributed by atoms with E-state index in [2.05, 4.69) is 24.1 Å². The smallest absolute Gasteiger partial charge is 0.272 e. The number of carbonyl (C=O) groups excluding carboxylic acids is 1. The summed E-state index contributed by atoms with van der Waals surface area (Å²) in [5.41, 5.74) is 0.988. The molecule has 6 nitrogen and oxygen atoms in total. The first-order chi connectivity index (χ1) is 12.0. The van der Waals surface area contributed by atoms with Crippen LogP contribution in [0.5, 0.6) is 0 Å². The van der Waals surface area contributed by atoms with E-state index in [0.717, 1.165) is 30.6 Å². The number of aliphatic hydroxyl groups excluding tert-OH is 1. The third-order valence-electron chi connectivity index (χ3n) is 4.94. The zero-order valence-electron chi connectivity index (χ0n) is 15.0. The summed E-state index contributed by atoms with van der Waals surface area (Å²) in [6.45, 7) is 6.03. The van der Waals surface area contributed by atoms with E-state index in [4.69, 9.17) is 4.74 Å². The van der Waals surface area contributed by atoms with Crippen molar-refractivity contribution in [3.63, 3.8) is 0 Å². The second kappa shape index (κ2) is 7.54. The van der Waals surface area contributed by atoms with Gasteiger partial charge in [-0.05, 0) is 30.9 Å². The number of imidazole rings is 1. The summed E-state index contributed by atoms with van der Waals surface area (Å²) in [6.07, 6.45) is 4.28. The lowest BCUT2D eigenvalue weighted by atomic mass is 9.81. The molecule has 1 amide bonds. The molecule has 136 valence electrons. The van der Waals surface area contributed by atoms with Crippen molar-refractivity contribution in [1.82, 2.24) is 14.7 Å². The van der Waals surface area contributed by atoms with E-state index in [1.807, 2.05) is 28.8 Å². The molecule has 3 rings (SSSR count). The van der Waals surface area contributed by atoms with Gasteiger partial charge in [0.2, 0.25) is 0 Å². The molecule has 0 aliphatic carbocycles. The van der Waals surface area contributed by atoms with Crippen molar-refractivity contribution >= 4 is 11.4 Å². The molecule has 1 aliphatic rings. The highest BCUT2D eigenvalue weighted by Crippen LogP contribution is 2.29. The topological polar surface area (TPSA) is 75.9 Å². The van der Waals surface area contributed by atoms with Crippen molar-refractivity contribution in [2.45, 2.75) is 33.1 Å². The minimum atomic E-state index is -0.287. The number of rotatable bonds is 6. The van der Waals surface area contributed by atoms with Crippen LogP contribution < -0.4 is 5.32 Å².